The number of benzene rings is 2. The minimum absolute atomic E-state index is 0.0241. The molecule has 0 aliphatic heterocycles. The van der Waals surface area contributed by atoms with Crippen LogP contribution in [0.5, 0.6) is 5.75 Å². The molecule has 2 rings (SSSR count). The zero-order valence-corrected chi connectivity index (χ0v) is 16.7. The van der Waals surface area contributed by atoms with E-state index < -0.39 is 0 Å². The number of halogens is 1. The Morgan fingerprint density at radius 3 is 2.57 bits per heavy atom. The van der Waals surface area contributed by atoms with Gasteiger partial charge in [0.05, 0.1) is 26.2 Å². The molecule has 0 spiro atoms. The molecule has 1 atom stereocenters. The molecule has 28 heavy (non-hydrogen) atoms. The van der Waals surface area contributed by atoms with Gasteiger partial charge in [0, 0.05) is 20.2 Å². The molecule has 0 radical (unpaired) electrons. The van der Waals surface area contributed by atoms with Crippen LogP contribution in [-0.4, -0.2) is 44.5 Å². The number of carbonyl (C=O) groups is 1. The molecule has 6 nitrogen and oxygen atoms in total. The molecular weight excluding hydrogens is 359 g/mol. The summed E-state index contributed by atoms with van der Waals surface area (Å²) < 4.78 is 18.8. The first kappa shape index (κ1) is 21.2. The second-order valence-electron chi connectivity index (χ2n) is 6.58. The van der Waals surface area contributed by atoms with Crippen LogP contribution in [0.4, 0.5) is 4.39 Å². The van der Waals surface area contributed by atoms with Gasteiger partial charge in [-0.1, -0.05) is 30.3 Å². The van der Waals surface area contributed by atoms with Crippen molar-refractivity contribution in [2.24, 2.45) is 4.99 Å². The minimum Gasteiger partial charge on any atom is -0.497 e. The van der Waals surface area contributed by atoms with E-state index in [4.69, 9.17) is 4.74 Å². The molecule has 2 aromatic rings. The fourth-order valence-corrected chi connectivity index (χ4v) is 2.50. The highest BCUT2D eigenvalue weighted by Crippen LogP contribution is 2.17. The monoisotopic (exact) mass is 386 g/mol. The predicted molar refractivity (Wildman–Crippen MR) is 109 cm³/mol. The number of hydrogen-bond donors (Lipinski definition) is 2. The Morgan fingerprint density at radius 1 is 1.21 bits per heavy atom. The number of aliphatic imine (C=N–C) groups is 1. The zero-order valence-electron chi connectivity index (χ0n) is 16.7. The lowest BCUT2D eigenvalue weighted by molar-refractivity contribution is -0.127. The van der Waals surface area contributed by atoms with Gasteiger partial charge in [-0.2, -0.15) is 0 Å². The van der Waals surface area contributed by atoms with Gasteiger partial charge in [-0.15, -0.1) is 0 Å². The Morgan fingerprint density at radius 2 is 1.93 bits per heavy atom. The number of rotatable bonds is 7. The Hall–Kier alpha value is -3.09. The van der Waals surface area contributed by atoms with Crippen LogP contribution in [0.3, 0.4) is 0 Å². The first-order chi connectivity index (χ1) is 13.4. The van der Waals surface area contributed by atoms with Gasteiger partial charge in [-0.3, -0.25) is 4.79 Å². The Kier molecular flexibility index (Phi) is 7.80. The number of amides is 1. The number of nitrogens with zero attached hydrogens (tertiary/aromatic N) is 2. The van der Waals surface area contributed by atoms with Crippen molar-refractivity contribution in [3.05, 3.63) is 65.5 Å². The standard InChI is InChI=1S/C21H27FN4O2/c1-15(17-8-6-5-7-9-17)25-21(24-14-20(27)26(2)3)23-13-16-10-18(22)12-19(11-16)28-4/h5-12,15H,13-14H2,1-4H3,(H2,23,24,25). The summed E-state index contributed by atoms with van der Waals surface area (Å²) in [7, 11) is 4.88. The number of likely N-dealkylation sites (N-methyl/N-ethyl adjacent to an activating group) is 1. The Bertz CT molecular complexity index is 809. The minimum atomic E-state index is -0.382. The van der Waals surface area contributed by atoms with Crippen LogP contribution in [0.1, 0.15) is 24.1 Å². The third-order valence-electron chi connectivity index (χ3n) is 4.15. The molecule has 0 saturated heterocycles. The maximum absolute atomic E-state index is 13.7. The summed E-state index contributed by atoms with van der Waals surface area (Å²) in [6.45, 7) is 2.35. The van der Waals surface area contributed by atoms with E-state index in [-0.39, 0.29) is 30.9 Å². The Balaban J connectivity index is 2.15. The molecule has 0 aliphatic carbocycles. The van der Waals surface area contributed by atoms with E-state index in [2.05, 4.69) is 15.6 Å². The van der Waals surface area contributed by atoms with E-state index in [0.717, 1.165) is 5.56 Å². The van der Waals surface area contributed by atoms with E-state index in [9.17, 15) is 9.18 Å². The van der Waals surface area contributed by atoms with Crippen LogP contribution in [0, 0.1) is 5.82 Å². The summed E-state index contributed by atoms with van der Waals surface area (Å²) >= 11 is 0. The maximum atomic E-state index is 13.7. The van der Waals surface area contributed by atoms with Crippen molar-refractivity contribution in [3.63, 3.8) is 0 Å². The molecule has 0 saturated carbocycles. The van der Waals surface area contributed by atoms with E-state index in [1.165, 1.54) is 24.1 Å². The molecule has 0 aliphatic rings. The van der Waals surface area contributed by atoms with Crippen molar-refractivity contribution < 1.29 is 13.9 Å². The van der Waals surface area contributed by atoms with Gasteiger partial charge in [-0.05, 0) is 30.2 Å². The van der Waals surface area contributed by atoms with E-state index in [0.29, 0.717) is 17.3 Å². The van der Waals surface area contributed by atoms with Gasteiger partial charge < -0.3 is 20.3 Å². The van der Waals surface area contributed by atoms with Crippen LogP contribution in [0.15, 0.2) is 53.5 Å². The highest BCUT2D eigenvalue weighted by molar-refractivity contribution is 5.86. The molecule has 0 bridgehead atoms. The fourth-order valence-electron chi connectivity index (χ4n) is 2.50. The number of carbonyl (C=O) groups excluding carboxylic acids is 1. The van der Waals surface area contributed by atoms with Gasteiger partial charge in [0.2, 0.25) is 5.91 Å². The van der Waals surface area contributed by atoms with Crippen molar-refractivity contribution in [2.45, 2.75) is 19.5 Å². The molecule has 1 amide bonds. The fraction of sp³-hybridized carbons (Fsp3) is 0.333. The lowest BCUT2D eigenvalue weighted by Crippen LogP contribution is -2.43. The van der Waals surface area contributed by atoms with Crippen LogP contribution in [-0.2, 0) is 11.3 Å². The van der Waals surface area contributed by atoms with Gasteiger partial charge in [0.15, 0.2) is 5.96 Å². The summed E-state index contributed by atoms with van der Waals surface area (Å²) in [5.41, 5.74) is 1.76. The summed E-state index contributed by atoms with van der Waals surface area (Å²) in [5, 5.41) is 6.32. The van der Waals surface area contributed by atoms with E-state index >= 15 is 0 Å². The Labute approximate surface area is 165 Å². The van der Waals surface area contributed by atoms with Crippen molar-refractivity contribution in [3.8, 4) is 5.75 Å². The average Bonchev–Trinajstić information content (AvgIpc) is 2.69. The van der Waals surface area contributed by atoms with Crippen molar-refractivity contribution in [1.29, 1.82) is 0 Å². The predicted octanol–water partition coefficient (Wildman–Crippen LogP) is 2.72. The summed E-state index contributed by atoms with van der Waals surface area (Å²) in [5.74, 6) is 0.449. The smallest absolute Gasteiger partial charge is 0.241 e. The van der Waals surface area contributed by atoms with Gasteiger partial charge in [-0.25, -0.2) is 9.38 Å². The van der Waals surface area contributed by atoms with Crippen LogP contribution >= 0.6 is 0 Å². The second kappa shape index (κ2) is 10.3. The zero-order chi connectivity index (χ0) is 20.5. The normalized spacial score (nSPS) is 12.2. The average molecular weight is 386 g/mol. The maximum Gasteiger partial charge on any atom is 0.241 e. The number of methoxy groups -OCH3 is 1. The molecule has 2 aromatic carbocycles. The molecule has 1 unspecified atom stereocenters. The summed E-state index contributed by atoms with van der Waals surface area (Å²) in [6, 6.07) is 14.3. The molecule has 7 heteroatoms. The van der Waals surface area contributed by atoms with Crippen molar-refractivity contribution >= 4 is 11.9 Å². The number of guanidine groups is 1. The first-order valence-electron chi connectivity index (χ1n) is 9.02. The van der Waals surface area contributed by atoms with Crippen LogP contribution < -0.4 is 15.4 Å². The number of ether oxygens (including phenoxy) is 1. The molecule has 0 fully saturated rings. The van der Waals surface area contributed by atoms with E-state index in [1.807, 2.05) is 37.3 Å². The third-order valence-corrected chi connectivity index (χ3v) is 4.15. The van der Waals surface area contributed by atoms with Crippen molar-refractivity contribution in [2.75, 3.05) is 27.7 Å². The number of hydrogen-bond acceptors (Lipinski definition) is 3. The third kappa shape index (κ3) is 6.57. The summed E-state index contributed by atoms with van der Waals surface area (Å²) in [4.78, 5) is 17.9. The molecule has 0 aromatic heterocycles. The lowest BCUT2D eigenvalue weighted by Gasteiger charge is -2.19. The summed E-state index contributed by atoms with van der Waals surface area (Å²) in [6.07, 6.45) is 0. The lowest BCUT2D eigenvalue weighted by atomic mass is 10.1. The molecular formula is C21H27FN4O2. The van der Waals surface area contributed by atoms with Crippen molar-refractivity contribution in [1.82, 2.24) is 15.5 Å². The van der Waals surface area contributed by atoms with Crippen LogP contribution in [0.2, 0.25) is 0 Å². The molecule has 150 valence electrons. The van der Waals surface area contributed by atoms with Gasteiger partial charge >= 0.3 is 0 Å². The molecule has 2 N–H and O–H groups in total. The SMILES string of the molecule is COc1cc(F)cc(CN=C(NCC(=O)N(C)C)NC(C)c2ccccc2)c1. The van der Waals surface area contributed by atoms with Gasteiger partial charge in [0.1, 0.15) is 11.6 Å². The highest BCUT2D eigenvalue weighted by atomic mass is 19.1. The quantitative estimate of drug-likeness (QED) is 0.567. The van der Waals surface area contributed by atoms with Crippen LogP contribution in [0.25, 0.3) is 0 Å². The van der Waals surface area contributed by atoms with E-state index in [1.54, 1.807) is 20.2 Å². The van der Waals surface area contributed by atoms with Gasteiger partial charge in [0.25, 0.3) is 0 Å². The molecule has 0 heterocycles. The highest BCUT2D eigenvalue weighted by Gasteiger charge is 2.10. The topological polar surface area (TPSA) is 66.0 Å². The second-order valence-corrected chi connectivity index (χ2v) is 6.58. The largest absolute Gasteiger partial charge is 0.497 e. The first-order valence-corrected chi connectivity index (χ1v) is 9.02. The number of nitrogens with one attached hydrogen (secondary N) is 2.